The van der Waals surface area contributed by atoms with E-state index in [9.17, 15) is 9.50 Å². The lowest BCUT2D eigenvalue weighted by Crippen LogP contribution is -2.44. The summed E-state index contributed by atoms with van der Waals surface area (Å²) in [5, 5.41) is 16.5. The van der Waals surface area contributed by atoms with Crippen LogP contribution < -0.4 is 10.6 Å². The molecule has 132 valence electrons. The van der Waals surface area contributed by atoms with Crippen molar-refractivity contribution >= 4 is 29.9 Å². The summed E-state index contributed by atoms with van der Waals surface area (Å²) >= 11 is 0. The van der Waals surface area contributed by atoms with Crippen LogP contribution in [-0.2, 0) is 12.1 Å². The van der Waals surface area contributed by atoms with Gasteiger partial charge in [-0.1, -0.05) is 18.2 Å². The number of halogens is 2. The van der Waals surface area contributed by atoms with Gasteiger partial charge in [-0.05, 0) is 32.0 Å². The smallest absolute Gasteiger partial charge is 0.191 e. The fourth-order valence-corrected chi connectivity index (χ4v) is 2.06. The fraction of sp³-hybridized carbons (Fsp3) is 0.353. The minimum absolute atomic E-state index is 0. The van der Waals surface area contributed by atoms with Crippen LogP contribution in [0.25, 0.3) is 0 Å². The van der Waals surface area contributed by atoms with E-state index in [0.717, 1.165) is 0 Å². The Kier molecular flexibility index (Phi) is 8.20. The van der Waals surface area contributed by atoms with Gasteiger partial charge in [0.15, 0.2) is 5.96 Å². The van der Waals surface area contributed by atoms with Crippen LogP contribution in [0, 0.1) is 5.82 Å². The molecular formula is C17H23FIN3O2. The molecular weight excluding hydrogens is 424 g/mol. The van der Waals surface area contributed by atoms with Gasteiger partial charge in [-0.15, -0.1) is 24.0 Å². The first-order valence-corrected chi connectivity index (χ1v) is 7.55. The van der Waals surface area contributed by atoms with Crippen LogP contribution in [0.5, 0.6) is 0 Å². The molecule has 24 heavy (non-hydrogen) atoms. The van der Waals surface area contributed by atoms with Crippen molar-refractivity contribution < 1.29 is 13.9 Å². The topological polar surface area (TPSA) is 69.8 Å². The number of aliphatic imine (C=N–C) groups is 1. The van der Waals surface area contributed by atoms with Gasteiger partial charge in [0.1, 0.15) is 17.2 Å². The number of furan rings is 1. The van der Waals surface area contributed by atoms with Crippen LogP contribution in [0.2, 0.25) is 0 Å². The SMILES string of the molecule is CCNC(=NCc1ccccc1F)NCC(C)(O)c1ccco1.I. The number of hydrogen-bond donors (Lipinski definition) is 3. The molecule has 2 aromatic rings. The Bertz CT molecular complexity index is 645. The minimum Gasteiger partial charge on any atom is -0.466 e. The first-order valence-electron chi connectivity index (χ1n) is 7.55. The summed E-state index contributed by atoms with van der Waals surface area (Å²) in [5.41, 5.74) is -0.653. The summed E-state index contributed by atoms with van der Waals surface area (Å²) in [6, 6.07) is 9.96. The fourth-order valence-electron chi connectivity index (χ4n) is 2.06. The number of benzene rings is 1. The molecule has 5 nitrogen and oxygen atoms in total. The number of nitrogens with zero attached hydrogens (tertiary/aromatic N) is 1. The third-order valence-electron chi connectivity index (χ3n) is 3.36. The number of hydrogen-bond acceptors (Lipinski definition) is 3. The van der Waals surface area contributed by atoms with Crippen LogP contribution in [-0.4, -0.2) is 24.2 Å². The summed E-state index contributed by atoms with van der Waals surface area (Å²) in [6.07, 6.45) is 1.52. The van der Waals surface area contributed by atoms with Crippen LogP contribution in [0.15, 0.2) is 52.1 Å². The van der Waals surface area contributed by atoms with Crippen LogP contribution >= 0.6 is 24.0 Å². The first-order chi connectivity index (χ1) is 11.0. The molecule has 0 saturated heterocycles. The van der Waals surface area contributed by atoms with E-state index in [1.807, 2.05) is 6.92 Å². The average molecular weight is 447 g/mol. The average Bonchev–Trinajstić information content (AvgIpc) is 3.07. The maximum atomic E-state index is 13.6. The lowest BCUT2D eigenvalue weighted by Gasteiger charge is -2.22. The molecule has 2 rings (SSSR count). The molecule has 1 aromatic heterocycles. The highest BCUT2D eigenvalue weighted by atomic mass is 127. The summed E-state index contributed by atoms with van der Waals surface area (Å²) in [6.45, 7) is 4.67. The van der Waals surface area contributed by atoms with Crippen LogP contribution in [0.4, 0.5) is 4.39 Å². The Labute approximate surface area is 158 Å². The zero-order valence-corrected chi connectivity index (χ0v) is 16.1. The van der Waals surface area contributed by atoms with Crippen molar-refractivity contribution in [2.45, 2.75) is 26.0 Å². The molecule has 0 spiro atoms. The Morgan fingerprint density at radius 2 is 2.00 bits per heavy atom. The Hall–Kier alpha value is -1.61. The predicted molar refractivity (Wildman–Crippen MR) is 103 cm³/mol. The van der Waals surface area contributed by atoms with Crippen molar-refractivity contribution in [1.82, 2.24) is 10.6 Å². The van der Waals surface area contributed by atoms with Crippen molar-refractivity contribution in [2.24, 2.45) is 4.99 Å². The Morgan fingerprint density at radius 1 is 1.25 bits per heavy atom. The van der Waals surface area contributed by atoms with Gasteiger partial charge < -0.3 is 20.2 Å². The van der Waals surface area contributed by atoms with E-state index in [4.69, 9.17) is 4.42 Å². The maximum Gasteiger partial charge on any atom is 0.191 e. The zero-order chi connectivity index (χ0) is 16.7. The molecule has 1 heterocycles. The second-order valence-corrected chi connectivity index (χ2v) is 5.39. The van der Waals surface area contributed by atoms with Gasteiger partial charge in [0.25, 0.3) is 0 Å². The molecule has 0 saturated carbocycles. The lowest BCUT2D eigenvalue weighted by molar-refractivity contribution is 0.0386. The number of aliphatic hydroxyl groups is 1. The van der Waals surface area contributed by atoms with E-state index in [-0.39, 0.29) is 42.9 Å². The Balaban J connectivity index is 0.00000288. The zero-order valence-electron chi connectivity index (χ0n) is 13.8. The second-order valence-electron chi connectivity index (χ2n) is 5.39. The predicted octanol–water partition coefficient (Wildman–Crippen LogP) is 3.00. The Morgan fingerprint density at radius 3 is 2.62 bits per heavy atom. The number of nitrogens with one attached hydrogen (secondary N) is 2. The second kappa shape index (κ2) is 9.63. The normalized spacial score (nSPS) is 13.8. The molecule has 0 radical (unpaired) electrons. The first kappa shape index (κ1) is 20.4. The van der Waals surface area contributed by atoms with E-state index >= 15 is 0 Å². The number of rotatable bonds is 6. The molecule has 0 fully saturated rings. The van der Waals surface area contributed by atoms with E-state index in [0.29, 0.717) is 23.8 Å². The monoisotopic (exact) mass is 447 g/mol. The molecule has 1 atom stereocenters. The third-order valence-corrected chi connectivity index (χ3v) is 3.36. The molecule has 1 aromatic carbocycles. The summed E-state index contributed by atoms with van der Waals surface area (Å²) in [5.74, 6) is 0.687. The minimum atomic E-state index is -1.17. The van der Waals surface area contributed by atoms with Gasteiger partial charge in [-0.25, -0.2) is 9.38 Å². The highest BCUT2D eigenvalue weighted by Crippen LogP contribution is 2.19. The summed E-state index contributed by atoms with van der Waals surface area (Å²) in [7, 11) is 0. The van der Waals surface area contributed by atoms with Crippen molar-refractivity contribution in [3.8, 4) is 0 Å². The third kappa shape index (κ3) is 5.79. The van der Waals surface area contributed by atoms with E-state index in [1.54, 1.807) is 37.3 Å². The highest BCUT2D eigenvalue weighted by molar-refractivity contribution is 14.0. The maximum absolute atomic E-state index is 13.6. The van der Waals surface area contributed by atoms with Gasteiger partial charge in [-0.2, -0.15) is 0 Å². The molecule has 0 aliphatic carbocycles. The molecule has 1 unspecified atom stereocenters. The quantitative estimate of drug-likeness (QED) is 0.362. The van der Waals surface area contributed by atoms with Gasteiger partial charge in [0.05, 0.1) is 19.4 Å². The van der Waals surface area contributed by atoms with Crippen LogP contribution in [0.1, 0.15) is 25.2 Å². The largest absolute Gasteiger partial charge is 0.466 e. The van der Waals surface area contributed by atoms with E-state index in [1.165, 1.54) is 12.3 Å². The molecule has 0 bridgehead atoms. The highest BCUT2D eigenvalue weighted by Gasteiger charge is 2.26. The lowest BCUT2D eigenvalue weighted by atomic mass is 10.0. The standard InChI is InChI=1S/C17H22FN3O2.HI/c1-3-19-16(20-11-13-7-4-5-8-14(13)18)21-12-17(2,22)15-9-6-10-23-15;/h4-10,22H,3,11-12H2,1-2H3,(H2,19,20,21);1H. The summed E-state index contributed by atoms with van der Waals surface area (Å²) < 4.78 is 18.9. The van der Waals surface area contributed by atoms with Gasteiger partial charge in [-0.3, -0.25) is 0 Å². The van der Waals surface area contributed by atoms with Crippen LogP contribution in [0.3, 0.4) is 0 Å². The van der Waals surface area contributed by atoms with E-state index < -0.39 is 5.60 Å². The van der Waals surface area contributed by atoms with Crippen molar-refractivity contribution in [3.63, 3.8) is 0 Å². The van der Waals surface area contributed by atoms with Gasteiger partial charge in [0.2, 0.25) is 0 Å². The molecule has 3 N–H and O–H groups in total. The van der Waals surface area contributed by atoms with E-state index in [2.05, 4.69) is 15.6 Å². The molecule has 7 heteroatoms. The number of guanidine groups is 1. The van der Waals surface area contributed by atoms with Crippen molar-refractivity contribution in [3.05, 3.63) is 59.8 Å². The van der Waals surface area contributed by atoms with Crippen molar-refractivity contribution in [1.29, 1.82) is 0 Å². The molecule has 0 aliphatic rings. The van der Waals surface area contributed by atoms with Crippen molar-refractivity contribution in [2.75, 3.05) is 13.1 Å². The molecule has 0 aliphatic heterocycles. The van der Waals surface area contributed by atoms with Gasteiger partial charge >= 0.3 is 0 Å². The summed E-state index contributed by atoms with van der Waals surface area (Å²) in [4.78, 5) is 4.34. The van der Waals surface area contributed by atoms with Gasteiger partial charge in [0, 0.05) is 12.1 Å². The molecule has 0 amide bonds.